The number of hydrogen-bond acceptors (Lipinski definition) is 2. The molecule has 0 aromatic carbocycles. The third kappa shape index (κ3) is 0.636. The lowest BCUT2D eigenvalue weighted by Gasteiger charge is -1.45. The van der Waals surface area contributed by atoms with Crippen molar-refractivity contribution in [2.24, 2.45) is 0 Å². The van der Waals surface area contributed by atoms with Crippen molar-refractivity contribution in [1.82, 2.24) is 5.10 Å². The topological polar surface area (TPSA) is 29.9 Å². The molecular formula is C2H3N2S2+. The summed E-state index contributed by atoms with van der Waals surface area (Å²) in [7, 11) is 0. The van der Waals surface area contributed by atoms with Gasteiger partial charge in [0.1, 0.15) is 0 Å². The summed E-state index contributed by atoms with van der Waals surface area (Å²) in [5, 5.41) is 5.43. The number of rotatable bonds is 0. The molecular weight excluding hydrogens is 116 g/mol. The monoisotopic (exact) mass is 119 g/mol. The van der Waals surface area contributed by atoms with Crippen molar-refractivity contribution in [3.8, 4) is 0 Å². The maximum atomic E-state index is 4.68. The highest BCUT2D eigenvalue weighted by molar-refractivity contribution is 7.73. The summed E-state index contributed by atoms with van der Waals surface area (Å²) in [5.74, 6) is 0. The lowest BCUT2D eigenvalue weighted by atomic mass is 11.6. The average Bonchev–Trinajstić information content (AvgIpc) is 1.86. The van der Waals surface area contributed by atoms with Crippen LogP contribution in [0.4, 0.5) is 0 Å². The molecule has 0 amide bonds. The van der Waals surface area contributed by atoms with E-state index >= 15 is 0 Å². The van der Waals surface area contributed by atoms with Crippen LogP contribution in [0.3, 0.4) is 0 Å². The zero-order valence-electron chi connectivity index (χ0n) is 2.89. The van der Waals surface area contributed by atoms with Crippen LogP contribution in [-0.2, 0) is 0 Å². The Morgan fingerprint density at radius 1 is 2.00 bits per heavy atom. The fraction of sp³-hybridized carbons (Fsp3) is 0. The molecule has 0 aliphatic carbocycles. The molecule has 2 N–H and O–H groups in total. The van der Waals surface area contributed by atoms with Gasteiger partial charge in [-0.3, -0.25) is 0 Å². The highest BCUT2D eigenvalue weighted by atomic mass is 32.1. The highest BCUT2D eigenvalue weighted by Gasteiger charge is 1.75. The molecule has 0 unspecified atom stereocenters. The van der Waals surface area contributed by atoms with Gasteiger partial charge in [-0.2, -0.15) is 0 Å². The Labute approximate surface area is 43.8 Å². The summed E-state index contributed by atoms with van der Waals surface area (Å²) < 4.78 is 0.787. The van der Waals surface area contributed by atoms with Crippen LogP contribution in [0.15, 0.2) is 5.51 Å². The third-order valence-electron chi connectivity index (χ3n) is 0.399. The summed E-state index contributed by atoms with van der Waals surface area (Å²) in [4.78, 5) is 0. The third-order valence-corrected chi connectivity index (χ3v) is 1.34. The molecule has 1 rings (SSSR count). The van der Waals surface area contributed by atoms with Crippen molar-refractivity contribution in [2.45, 2.75) is 0 Å². The van der Waals surface area contributed by atoms with Crippen LogP contribution in [0, 0.1) is 3.95 Å². The summed E-state index contributed by atoms with van der Waals surface area (Å²) in [6.45, 7) is 0. The van der Waals surface area contributed by atoms with E-state index in [0.29, 0.717) is 0 Å². The Kier molecular flexibility index (Phi) is 0.979. The molecule has 0 fully saturated rings. The van der Waals surface area contributed by atoms with E-state index < -0.39 is 0 Å². The van der Waals surface area contributed by atoms with Crippen LogP contribution in [0.25, 0.3) is 0 Å². The first-order valence-electron chi connectivity index (χ1n) is 1.43. The predicted octanol–water partition coefficient (Wildman–Crippen LogP) is 0.620. The minimum Gasteiger partial charge on any atom is -0.146 e. The maximum absolute atomic E-state index is 4.68. The molecule has 4 heteroatoms. The van der Waals surface area contributed by atoms with E-state index in [-0.39, 0.29) is 0 Å². The molecule has 6 heavy (non-hydrogen) atoms. The Bertz CT molecular complexity index is 147. The van der Waals surface area contributed by atoms with Crippen molar-refractivity contribution < 1.29 is 5.10 Å². The standard InChI is InChI=1S/C2H2N2S2/c5-2-4-3-1-6-2/h1H,(H,4,5)/p+1. The van der Waals surface area contributed by atoms with Crippen molar-refractivity contribution in [3.63, 3.8) is 0 Å². The fourth-order valence-electron chi connectivity index (χ4n) is 0.201. The molecule has 0 aliphatic rings. The minimum atomic E-state index is 0.787. The van der Waals surface area contributed by atoms with E-state index in [1.54, 1.807) is 5.51 Å². The van der Waals surface area contributed by atoms with E-state index in [1.807, 2.05) is 0 Å². The van der Waals surface area contributed by atoms with Crippen LogP contribution in [0.1, 0.15) is 0 Å². The molecule has 0 bridgehead atoms. The quantitative estimate of drug-likeness (QED) is 0.498. The average molecular weight is 119 g/mol. The van der Waals surface area contributed by atoms with Crippen molar-refractivity contribution in [1.29, 1.82) is 0 Å². The van der Waals surface area contributed by atoms with Gasteiger partial charge in [-0.05, 0) is 23.6 Å². The molecule has 0 spiro atoms. The van der Waals surface area contributed by atoms with Crippen LogP contribution in [-0.4, -0.2) is 5.10 Å². The second-order valence-corrected chi connectivity index (χ2v) is 2.34. The second-order valence-electron chi connectivity index (χ2n) is 0.792. The number of nitrogens with one attached hydrogen (secondary N) is 2. The van der Waals surface area contributed by atoms with Gasteiger partial charge in [0.2, 0.25) is 9.46 Å². The van der Waals surface area contributed by atoms with Gasteiger partial charge in [0, 0.05) is 0 Å². The van der Waals surface area contributed by atoms with Crippen LogP contribution in [0.2, 0.25) is 0 Å². The Balaban J connectivity index is 3.41. The number of aromatic nitrogens is 2. The van der Waals surface area contributed by atoms with Crippen molar-refractivity contribution in [2.75, 3.05) is 0 Å². The van der Waals surface area contributed by atoms with Crippen LogP contribution < -0.4 is 5.10 Å². The van der Waals surface area contributed by atoms with Crippen LogP contribution in [0.5, 0.6) is 0 Å². The molecule has 32 valence electrons. The minimum absolute atomic E-state index is 0.787. The molecule has 0 radical (unpaired) electrons. The SMILES string of the molecule is S=c1[nH][nH+]cs1. The zero-order chi connectivity index (χ0) is 4.41. The Morgan fingerprint density at radius 3 is 3.00 bits per heavy atom. The maximum Gasteiger partial charge on any atom is 0.248 e. The number of hydrogen-bond donors (Lipinski definition) is 1. The Hall–Kier alpha value is -0.220. The fourth-order valence-corrected chi connectivity index (χ4v) is 0.747. The molecule has 1 aromatic heterocycles. The molecule has 0 aliphatic heterocycles. The van der Waals surface area contributed by atoms with E-state index in [0.717, 1.165) is 3.95 Å². The van der Waals surface area contributed by atoms with Crippen molar-refractivity contribution >= 4 is 23.6 Å². The zero-order valence-corrected chi connectivity index (χ0v) is 4.53. The van der Waals surface area contributed by atoms with E-state index in [9.17, 15) is 0 Å². The lowest BCUT2D eigenvalue weighted by Crippen LogP contribution is -1.96. The van der Waals surface area contributed by atoms with Gasteiger partial charge in [-0.25, -0.2) is 0 Å². The van der Waals surface area contributed by atoms with E-state index in [4.69, 9.17) is 0 Å². The Morgan fingerprint density at radius 2 is 2.83 bits per heavy atom. The van der Waals surface area contributed by atoms with E-state index in [1.165, 1.54) is 11.3 Å². The van der Waals surface area contributed by atoms with Crippen LogP contribution >= 0.6 is 23.6 Å². The first kappa shape index (κ1) is 3.95. The van der Waals surface area contributed by atoms with Gasteiger partial charge >= 0.3 is 0 Å². The van der Waals surface area contributed by atoms with Gasteiger partial charge in [0.05, 0.1) is 0 Å². The smallest absolute Gasteiger partial charge is 0.146 e. The molecule has 0 saturated carbocycles. The van der Waals surface area contributed by atoms with Gasteiger partial charge < -0.3 is 0 Å². The van der Waals surface area contributed by atoms with E-state index in [2.05, 4.69) is 22.4 Å². The first-order valence-corrected chi connectivity index (χ1v) is 2.72. The molecule has 0 saturated heterocycles. The second kappa shape index (κ2) is 1.49. The highest BCUT2D eigenvalue weighted by Crippen LogP contribution is 1.85. The van der Waals surface area contributed by atoms with Gasteiger partial charge in [0.25, 0.3) is 0 Å². The van der Waals surface area contributed by atoms with Gasteiger partial charge in [-0.15, -0.1) is 10.2 Å². The molecule has 0 atom stereocenters. The summed E-state index contributed by atoms with van der Waals surface area (Å²) >= 11 is 6.16. The summed E-state index contributed by atoms with van der Waals surface area (Å²) in [6.07, 6.45) is 0. The summed E-state index contributed by atoms with van der Waals surface area (Å²) in [6, 6.07) is 0. The first-order chi connectivity index (χ1) is 2.89. The van der Waals surface area contributed by atoms with Gasteiger partial charge in [0.15, 0.2) is 0 Å². The number of aromatic amines is 2. The molecule has 1 heterocycles. The summed E-state index contributed by atoms with van der Waals surface area (Å²) in [5.41, 5.74) is 1.79. The van der Waals surface area contributed by atoms with Crippen molar-refractivity contribution in [3.05, 3.63) is 9.46 Å². The molecule has 1 aromatic rings. The number of H-pyrrole nitrogens is 2. The normalized spacial score (nSPS) is 8.67. The predicted molar refractivity (Wildman–Crippen MR) is 26.1 cm³/mol. The van der Waals surface area contributed by atoms with Gasteiger partial charge in [-0.1, -0.05) is 0 Å². The molecule has 2 nitrogen and oxygen atoms in total. The lowest BCUT2D eigenvalue weighted by molar-refractivity contribution is -0.448. The largest absolute Gasteiger partial charge is 0.248 e.